The predicted octanol–water partition coefficient (Wildman–Crippen LogP) is 5.64. The summed E-state index contributed by atoms with van der Waals surface area (Å²) in [6.45, 7) is 4.26. The number of carbonyl (C=O) groups is 1. The first kappa shape index (κ1) is 21.1. The van der Waals surface area contributed by atoms with E-state index in [2.05, 4.69) is 20.5 Å². The molecule has 9 heteroatoms. The lowest BCUT2D eigenvalue weighted by Crippen LogP contribution is -2.12. The van der Waals surface area contributed by atoms with Gasteiger partial charge in [-0.3, -0.25) is 10.1 Å². The van der Waals surface area contributed by atoms with E-state index in [9.17, 15) is 4.79 Å². The fourth-order valence-corrected chi connectivity index (χ4v) is 3.82. The number of rotatable bonds is 8. The maximum atomic E-state index is 12.9. The standard InChI is InChI=1S/C24H22N4O4S/c1-14-13-33-24(25-14)26-22(29)18-9-20(30-12-16-3-4-16)11-21(10-18)32-19-7-5-17(6-8-19)23-28-27-15(2)31-23/h5-11,13,16H,3-4,12H2,1-2H3,(H,25,26,29). The van der Waals surface area contributed by atoms with Crippen LogP contribution in [0.4, 0.5) is 5.13 Å². The summed E-state index contributed by atoms with van der Waals surface area (Å²) in [4.78, 5) is 17.2. The quantitative estimate of drug-likeness (QED) is 0.361. The topological polar surface area (TPSA) is 99.4 Å². The molecule has 0 atom stereocenters. The highest BCUT2D eigenvalue weighted by molar-refractivity contribution is 7.13. The minimum Gasteiger partial charge on any atom is -0.493 e. The van der Waals surface area contributed by atoms with Gasteiger partial charge in [-0.05, 0) is 62.1 Å². The van der Waals surface area contributed by atoms with Gasteiger partial charge < -0.3 is 13.9 Å². The highest BCUT2D eigenvalue weighted by atomic mass is 32.1. The van der Waals surface area contributed by atoms with E-state index in [1.807, 2.05) is 36.6 Å². The average molecular weight is 463 g/mol. The van der Waals surface area contributed by atoms with Crippen molar-refractivity contribution < 1.29 is 18.7 Å². The van der Waals surface area contributed by atoms with Crippen LogP contribution in [0.25, 0.3) is 11.5 Å². The molecule has 0 radical (unpaired) electrons. The molecular formula is C24H22N4O4S. The molecule has 33 heavy (non-hydrogen) atoms. The van der Waals surface area contributed by atoms with Crippen molar-refractivity contribution in [1.82, 2.24) is 15.2 Å². The Morgan fingerprint density at radius 2 is 1.88 bits per heavy atom. The highest BCUT2D eigenvalue weighted by Crippen LogP contribution is 2.33. The van der Waals surface area contributed by atoms with Crippen molar-refractivity contribution in [3.8, 4) is 28.7 Å². The van der Waals surface area contributed by atoms with Crippen molar-refractivity contribution in [2.45, 2.75) is 26.7 Å². The summed E-state index contributed by atoms with van der Waals surface area (Å²) in [5.41, 5.74) is 2.09. The summed E-state index contributed by atoms with van der Waals surface area (Å²) < 4.78 is 17.4. The molecule has 1 N–H and O–H groups in total. The Kier molecular flexibility index (Phi) is 5.78. The van der Waals surface area contributed by atoms with E-state index in [1.54, 1.807) is 25.1 Å². The number of aromatic nitrogens is 3. The van der Waals surface area contributed by atoms with Crippen LogP contribution in [0.3, 0.4) is 0 Å². The van der Waals surface area contributed by atoms with Crippen LogP contribution < -0.4 is 14.8 Å². The number of nitrogens with zero attached hydrogens (tertiary/aromatic N) is 3. The minimum absolute atomic E-state index is 0.270. The number of aryl methyl sites for hydroxylation is 2. The second-order valence-corrected chi connectivity index (χ2v) is 8.81. The van der Waals surface area contributed by atoms with Crippen molar-refractivity contribution in [3.63, 3.8) is 0 Å². The number of ether oxygens (including phenoxy) is 2. The molecule has 168 valence electrons. The van der Waals surface area contributed by atoms with Gasteiger partial charge in [0.2, 0.25) is 11.8 Å². The van der Waals surface area contributed by atoms with Gasteiger partial charge in [0.05, 0.1) is 12.3 Å². The molecule has 0 spiro atoms. The second kappa shape index (κ2) is 9.03. The Morgan fingerprint density at radius 1 is 1.09 bits per heavy atom. The first-order valence-corrected chi connectivity index (χ1v) is 11.5. The van der Waals surface area contributed by atoms with Crippen LogP contribution in [0.15, 0.2) is 52.3 Å². The summed E-state index contributed by atoms with van der Waals surface area (Å²) in [6.07, 6.45) is 2.36. The van der Waals surface area contributed by atoms with Crippen LogP contribution in [-0.4, -0.2) is 27.7 Å². The number of anilines is 1. The second-order valence-electron chi connectivity index (χ2n) is 7.95. The van der Waals surface area contributed by atoms with Gasteiger partial charge in [-0.2, -0.15) is 0 Å². The van der Waals surface area contributed by atoms with E-state index in [4.69, 9.17) is 13.9 Å². The summed E-state index contributed by atoms with van der Waals surface area (Å²) in [6, 6.07) is 12.5. The Bertz CT molecular complexity index is 1280. The largest absolute Gasteiger partial charge is 0.493 e. The van der Waals surface area contributed by atoms with Crippen molar-refractivity contribution in [2.24, 2.45) is 5.92 Å². The number of hydrogen-bond donors (Lipinski definition) is 1. The van der Waals surface area contributed by atoms with E-state index in [0.29, 0.717) is 52.2 Å². The third-order valence-electron chi connectivity index (χ3n) is 5.03. The number of nitrogens with one attached hydrogen (secondary N) is 1. The predicted molar refractivity (Wildman–Crippen MR) is 124 cm³/mol. The van der Waals surface area contributed by atoms with Gasteiger partial charge in [0.15, 0.2) is 5.13 Å². The first-order valence-electron chi connectivity index (χ1n) is 10.6. The van der Waals surface area contributed by atoms with Crippen LogP contribution in [0.5, 0.6) is 17.2 Å². The van der Waals surface area contributed by atoms with Crippen molar-refractivity contribution >= 4 is 22.4 Å². The Balaban J connectivity index is 1.36. The normalized spacial score (nSPS) is 13.0. The Labute approximate surface area is 194 Å². The monoisotopic (exact) mass is 462 g/mol. The third kappa shape index (κ3) is 5.38. The molecule has 8 nitrogen and oxygen atoms in total. The Hall–Kier alpha value is -3.72. The number of thiazole rings is 1. The fourth-order valence-electron chi connectivity index (χ4n) is 3.14. The van der Waals surface area contributed by atoms with Crippen molar-refractivity contribution in [2.75, 3.05) is 11.9 Å². The molecule has 0 saturated heterocycles. The molecule has 1 amide bonds. The SMILES string of the molecule is Cc1csc(NC(=O)c2cc(OCC3CC3)cc(Oc3ccc(-c4nnc(C)o4)cc3)c2)n1. The molecule has 2 aromatic heterocycles. The number of hydrogen-bond acceptors (Lipinski definition) is 8. The molecule has 1 aliphatic carbocycles. The van der Waals surface area contributed by atoms with Gasteiger partial charge in [-0.1, -0.05) is 0 Å². The zero-order chi connectivity index (χ0) is 22.8. The first-order chi connectivity index (χ1) is 16.0. The highest BCUT2D eigenvalue weighted by Gasteiger charge is 2.22. The number of amides is 1. The molecule has 1 saturated carbocycles. The maximum Gasteiger partial charge on any atom is 0.257 e. The van der Waals surface area contributed by atoms with Gasteiger partial charge >= 0.3 is 0 Å². The van der Waals surface area contributed by atoms with Crippen LogP contribution in [-0.2, 0) is 0 Å². The van der Waals surface area contributed by atoms with Crippen LogP contribution in [0.2, 0.25) is 0 Å². The van der Waals surface area contributed by atoms with Crippen LogP contribution in [0, 0.1) is 19.8 Å². The van der Waals surface area contributed by atoms with E-state index < -0.39 is 0 Å². The van der Waals surface area contributed by atoms with Crippen molar-refractivity contribution in [3.05, 3.63) is 65.0 Å². The van der Waals surface area contributed by atoms with Gasteiger partial charge in [-0.25, -0.2) is 4.98 Å². The summed E-state index contributed by atoms with van der Waals surface area (Å²) in [5, 5.41) is 13.2. The fraction of sp³-hybridized carbons (Fsp3) is 0.250. The van der Waals surface area contributed by atoms with Gasteiger partial charge in [0, 0.05) is 29.5 Å². The number of carbonyl (C=O) groups excluding carboxylic acids is 1. The average Bonchev–Trinajstić information content (AvgIpc) is 3.40. The molecule has 0 aliphatic heterocycles. The van der Waals surface area contributed by atoms with Gasteiger partial charge in [0.1, 0.15) is 17.2 Å². The summed E-state index contributed by atoms with van der Waals surface area (Å²) in [7, 11) is 0. The molecule has 1 aliphatic rings. The van der Waals surface area contributed by atoms with E-state index in [1.165, 1.54) is 24.2 Å². The molecule has 2 aromatic carbocycles. The lowest BCUT2D eigenvalue weighted by Gasteiger charge is -2.12. The lowest BCUT2D eigenvalue weighted by atomic mass is 10.2. The summed E-state index contributed by atoms with van der Waals surface area (Å²) in [5.74, 6) is 2.98. The molecule has 2 heterocycles. The maximum absolute atomic E-state index is 12.9. The van der Waals surface area contributed by atoms with Crippen LogP contribution >= 0.6 is 11.3 Å². The van der Waals surface area contributed by atoms with Gasteiger partial charge in [0.25, 0.3) is 5.91 Å². The van der Waals surface area contributed by atoms with Gasteiger partial charge in [-0.15, -0.1) is 21.5 Å². The Morgan fingerprint density at radius 3 is 2.55 bits per heavy atom. The molecule has 5 rings (SSSR count). The number of benzene rings is 2. The summed E-state index contributed by atoms with van der Waals surface area (Å²) >= 11 is 1.38. The molecular weight excluding hydrogens is 440 g/mol. The van der Waals surface area contributed by atoms with E-state index in [0.717, 1.165) is 11.3 Å². The van der Waals surface area contributed by atoms with E-state index in [-0.39, 0.29) is 5.91 Å². The molecule has 0 bridgehead atoms. The lowest BCUT2D eigenvalue weighted by molar-refractivity contribution is 0.102. The smallest absolute Gasteiger partial charge is 0.257 e. The molecule has 0 unspecified atom stereocenters. The molecule has 1 fully saturated rings. The molecule has 4 aromatic rings. The minimum atomic E-state index is -0.270. The van der Waals surface area contributed by atoms with E-state index >= 15 is 0 Å². The third-order valence-corrected chi connectivity index (χ3v) is 5.90. The van der Waals surface area contributed by atoms with Crippen molar-refractivity contribution in [1.29, 1.82) is 0 Å². The zero-order valence-corrected chi connectivity index (χ0v) is 19.0. The van der Waals surface area contributed by atoms with Crippen LogP contribution in [0.1, 0.15) is 34.8 Å². The zero-order valence-electron chi connectivity index (χ0n) is 18.2.